The Morgan fingerprint density at radius 2 is 2.07 bits per heavy atom. The molecule has 0 saturated carbocycles. The van der Waals surface area contributed by atoms with Crippen LogP contribution in [0.1, 0.15) is 11.5 Å². The van der Waals surface area contributed by atoms with E-state index in [0.717, 1.165) is 6.54 Å². The fourth-order valence-corrected chi connectivity index (χ4v) is 2.13. The highest BCUT2D eigenvalue weighted by Crippen LogP contribution is 2.28. The van der Waals surface area contributed by atoms with Gasteiger partial charge < -0.3 is 10.1 Å². The molecule has 1 aromatic carbocycles. The van der Waals surface area contributed by atoms with E-state index >= 15 is 0 Å². The van der Waals surface area contributed by atoms with Crippen LogP contribution in [0.4, 0.5) is 0 Å². The van der Waals surface area contributed by atoms with Gasteiger partial charge >= 0.3 is 5.97 Å². The molecule has 3 heteroatoms. The van der Waals surface area contributed by atoms with E-state index in [2.05, 4.69) is 17.4 Å². The fraction of sp³-hybridized carbons (Fsp3) is 0.417. The van der Waals surface area contributed by atoms with Crippen molar-refractivity contribution in [2.45, 2.75) is 5.92 Å². The number of nitrogens with one attached hydrogen (secondary N) is 1. The molecule has 1 aliphatic heterocycles. The molecule has 0 bridgehead atoms. The molecule has 1 heterocycles. The van der Waals surface area contributed by atoms with Gasteiger partial charge in [0.2, 0.25) is 0 Å². The molecular weight excluding hydrogens is 190 g/mol. The number of methoxy groups -OCH3 is 1. The maximum atomic E-state index is 11.5. The van der Waals surface area contributed by atoms with Gasteiger partial charge in [0, 0.05) is 19.0 Å². The monoisotopic (exact) mass is 205 g/mol. The molecule has 1 saturated heterocycles. The smallest absolute Gasteiger partial charge is 0.310 e. The van der Waals surface area contributed by atoms with Crippen molar-refractivity contribution in [3.63, 3.8) is 0 Å². The predicted molar refractivity (Wildman–Crippen MR) is 57.6 cm³/mol. The second-order valence-electron chi connectivity index (χ2n) is 3.81. The van der Waals surface area contributed by atoms with Crippen LogP contribution in [0.25, 0.3) is 0 Å². The topological polar surface area (TPSA) is 38.3 Å². The van der Waals surface area contributed by atoms with Crippen LogP contribution >= 0.6 is 0 Å². The van der Waals surface area contributed by atoms with Crippen molar-refractivity contribution in [2.75, 3.05) is 20.2 Å². The summed E-state index contributed by atoms with van der Waals surface area (Å²) in [6, 6.07) is 10.1. The van der Waals surface area contributed by atoms with Crippen LogP contribution in [0.3, 0.4) is 0 Å². The van der Waals surface area contributed by atoms with Gasteiger partial charge in [0.25, 0.3) is 0 Å². The SMILES string of the molecule is COC(=O)[C@H]1CNC[C@@H]1c1ccccc1. The Bertz CT molecular complexity index is 337. The molecule has 0 aromatic heterocycles. The van der Waals surface area contributed by atoms with E-state index in [0.29, 0.717) is 6.54 Å². The van der Waals surface area contributed by atoms with Gasteiger partial charge in [-0.2, -0.15) is 0 Å². The number of ether oxygens (including phenoxy) is 1. The van der Waals surface area contributed by atoms with E-state index in [-0.39, 0.29) is 17.8 Å². The highest BCUT2D eigenvalue weighted by Gasteiger charge is 2.34. The van der Waals surface area contributed by atoms with Crippen LogP contribution in [0.5, 0.6) is 0 Å². The van der Waals surface area contributed by atoms with Crippen molar-refractivity contribution in [3.8, 4) is 0 Å². The van der Waals surface area contributed by atoms with Crippen LogP contribution in [-0.4, -0.2) is 26.2 Å². The summed E-state index contributed by atoms with van der Waals surface area (Å²) in [5.74, 6) is 0.0879. The van der Waals surface area contributed by atoms with Crippen LogP contribution in [0, 0.1) is 5.92 Å². The van der Waals surface area contributed by atoms with E-state index < -0.39 is 0 Å². The minimum Gasteiger partial charge on any atom is -0.469 e. The van der Waals surface area contributed by atoms with Gasteiger partial charge in [0.05, 0.1) is 13.0 Å². The number of hydrogen-bond acceptors (Lipinski definition) is 3. The molecular formula is C12H15NO2. The van der Waals surface area contributed by atoms with Crippen molar-refractivity contribution in [1.82, 2.24) is 5.32 Å². The van der Waals surface area contributed by atoms with Gasteiger partial charge in [0.1, 0.15) is 0 Å². The molecule has 0 spiro atoms. The molecule has 1 fully saturated rings. The highest BCUT2D eigenvalue weighted by molar-refractivity contribution is 5.74. The zero-order valence-electron chi connectivity index (χ0n) is 8.77. The average Bonchev–Trinajstić information content (AvgIpc) is 2.78. The van der Waals surface area contributed by atoms with Gasteiger partial charge in [-0.05, 0) is 5.56 Å². The molecule has 15 heavy (non-hydrogen) atoms. The first-order valence-electron chi connectivity index (χ1n) is 5.16. The van der Waals surface area contributed by atoms with E-state index in [9.17, 15) is 4.79 Å². The molecule has 0 radical (unpaired) electrons. The molecule has 2 rings (SSSR count). The summed E-state index contributed by atoms with van der Waals surface area (Å²) in [7, 11) is 1.45. The van der Waals surface area contributed by atoms with Crippen LogP contribution < -0.4 is 5.32 Å². The molecule has 1 aromatic rings. The Kier molecular flexibility index (Phi) is 3.02. The molecule has 1 N–H and O–H groups in total. The van der Waals surface area contributed by atoms with Crippen LogP contribution in [0.15, 0.2) is 30.3 Å². The standard InChI is InChI=1S/C12H15NO2/c1-15-12(14)11-8-13-7-10(11)9-5-3-2-4-6-9/h2-6,10-11,13H,7-8H2,1H3/t10-,11+/m1/s1. The van der Waals surface area contributed by atoms with Crippen LogP contribution in [0.2, 0.25) is 0 Å². The first kappa shape index (κ1) is 10.2. The molecule has 80 valence electrons. The minimum atomic E-state index is -0.117. The Labute approximate surface area is 89.4 Å². The third-order valence-corrected chi connectivity index (χ3v) is 2.95. The Balaban J connectivity index is 2.18. The normalized spacial score (nSPS) is 25.1. The number of benzene rings is 1. The summed E-state index contributed by atoms with van der Waals surface area (Å²) in [6.45, 7) is 1.57. The third-order valence-electron chi connectivity index (χ3n) is 2.95. The minimum absolute atomic E-state index is 0.0441. The Morgan fingerprint density at radius 1 is 1.33 bits per heavy atom. The number of esters is 1. The predicted octanol–water partition coefficient (Wildman–Crippen LogP) is 1.16. The van der Waals surface area contributed by atoms with Gasteiger partial charge in [-0.25, -0.2) is 0 Å². The second-order valence-corrected chi connectivity index (χ2v) is 3.81. The van der Waals surface area contributed by atoms with Gasteiger partial charge in [-0.15, -0.1) is 0 Å². The van der Waals surface area contributed by atoms with Crippen molar-refractivity contribution in [1.29, 1.82) is 0 Å². The molecule has 0 amide bonds. The summed E-state index contributed by atoms with van der Waals surface area (Å²) in [5, 5.41) is 3.24. The largest absolute Gasteiger partial charge is 0.469 e. The van der Waals surface area contributed by atoms with E-state index in [1.165, 1.54) is 12.7 Å². The number of hydrogen-bond donors (Lipinski definition) is 1. The highest BCUT2D eigenvalue weighted by atomic mass is 16.5. The summed E-state index contributed by atoms with van der Waals surface area (Å²) in [5.41, 5.74) is 1.21. The summed E-state index contributed by atoms with van der Waals surface area (Å²) in [6.07, 6.45) is 0. The van der Waals surface area contributed by atoms with Gasteiger partial charge in [0.15, 0.2) is 0 Å². The average molecular weight is 205 g/mol. The quantitative estimate of drug-likeness (QED) is 0.736. The van der Waals surface area contributed by atoms with Crippen molar-refractivity contribution < 1.29 is 9.53 Å². The Morgan fingerprint density at radius 3 is 2.73 bits per heavy atom. The Hall–Kier alpha value is -1.35. The fourth-order valence-electron chi connectivity index (χ4n) is 2.13. The molecule has 2 atom stereocenters. The lowest BCUT2D eigenvalue weighted by Gasteiger charge is -2.16. The lowest BCUT2D eigenvalue weighted by atomic mass is 9.89. The summed E-state index contributed by atoms with van der Waals surface area (Å²) < 4.78 is 4.81. The van der Waals surface area contributed by atoms with Gasteiger partial charge in [-0.3, -0.25) is 4.79 Å². The number of rotatable bonds is 2. The van der Waals surface area contributed by atoms with Crippen molar-refractivity contribution >= 4 is 5.97 Å². The molecule has 0 unspecified atom stereocenters. The first-order chi connectivity index (χ1) is 7.33. The lowest BCUT2D eigenvalue weighted by Crippen LogP contribution is -2.22. The molecule has 0 aliphatic carbocycles. The van der Waals surface area contributed by atoms with E-state index in [1.807, 2.05) is 18.2 Å². The van der Waals surface area contributed by atoms with E-state index in [4.69, 9.17) is 4.74 Å². The third kappa shape index (κ3) is 2.02. The zero-order valence-corrected chi connectivity index (χ0v) is 8.77. The first-order valence-corrected chi connectivity index (χ1v) is 5.16. The van der Waals surface area contributed by atoms with Gasteiger partial charge in [-0.1, -0.05) is 30.3 Å². The van der Waals surface area contributed by atoms with Crippen molar-refractivity contribution in [3.05, 3.63) is 35.9 Å². The number of carbonyl (C=O) groups excluding carboxylic acids is 1. The van der Waals surface area contributed by atoms with Crippen molar-refractivity contribution in [2.24, 2.45) is 5.92 Å². The summed E-state index contributed by atoms with van der Waals surface area (Å²) in [4.78, 5) is 11.5. The number of carbonyl (C=O) groups is 1. The van der Waals surface area contributed by atoms with E-state index in [1.54, 1.807) is 0 Å². The van der Waals surface area contributed by atoms with Crippen LogP contribution in [-0.2, 0) is 9.53 Å². The maximum Gasteiger partial charge on any atom is 0.310 e. The second kappa shape index (κ2) is 4.45. The maximum absolute atomic E-state index is 11.5. The summed E-state index contributed by atoms with van der Waals surface area (Å²) >= 11 is 0. The molecule has 1 aliphatic rings. The molecule has 3 nitrogen and oxygen atoms in total. The lowest BCUT2D eigenvalue weighted by molar-refractivity contribution is -0.145. The zero-order chi connectivity index (χ0) is 10.7.